The summed E-state index contributed by atoms with van der Waals surface area (Å²) in [6.45, 7) is 3.88. The molecular formula is C25H25N3O4. The van der Waals surface area contributed by atoms with Crippen molar-refractivity contribution >= 4 is 22.5 Å². The summed E-state index contributed by atoms with van der Waals surface area (Å²) in [4.78, 5) is 32.3. The minimum Gasteiger partial charge on any atom is -0.480 e. The zero-order valence-electron chi connectivity index (χ0n) is 18.0. The minimum atomic E-state index is -0.961. The van der Waals surface area contributed by atoms with Gasteiger partial charge >= 0.3 is 5.97 Å². The maximum Gasteiger partial charge on any atom is 0.326 e. The van der Waals surface area contributed by atoms with Gasteiger partial charge in [-0.15, -0.1) is 0 Å². The fourth-order valence-corrected chi connectivity index (χ4v) is 3.96. The van der Waals surface area contributed by atoms with Crippen LogP contribution in [0.5, 0.6) is 11.6 Å². The fourth-order valence-electron chi connectivity index (χ4n) is 3.96. The maximum absolute atomic E-state index is 12.0. The van der Waals surface area contributed by atoms with Gasteiger partial charge in [0.25, 0.3) is 0 Å². The van der Waals surface area contributed by atoms with Crippen molar-refractivity contribution in [3.8, 4) is 11.6 Å². The molecule has 0 spiro atoms. The molecule has 2 atom stereocenters. The van der Waals surface area contributed by atoms with E-state index in [2.05, 4.69) is 15.3 Å². The van der Waals surface area contributed by atoms with Crippen molar-refractivity contribution in [3.63, 3.8) is 0 Å². The summed E-state index contributed by atoms with van der Waals surface area (Å²) in [5, 5.41) is 14.6. The number of carbonyl (C=O) groups excluding carboxylic acids is 1. The first-order chi connectivity index (χ1) is 15.4. The molecule has 4 rings (SSSR count). The van der Waals surface area contributed by atoms with Gasteiger partial charge < -0.3 is 15.2 Å². The van der Waals surface area contributed by atoms with Crippen LogP contribution < -0.4 is 10.1 Å². The molecule has 7 heteroatoms. The van der Waals surface area contributed by atoms with E-state index in [9.17, 15) is 14.7 Å². The Hall–Kier alpha value is -3.74. The standard InChI is InChI=1S/C25H25N3O4/c1-3-10-25(2)21(14-22(25)29)28-20(24(30)31)13-16-4-6-18(7-5-16)32-23-19-15-26-11-8-17(19)9-12-27-23/h4-9,11-12,14-15,20,28H,3,10,13H2,1-2H3,(H,30,31)/t20-,25-/m0/s1. The second-order valence-electron chi connectivity index (χ2n) is 8.20. The van der Waals surface area contributed by atoms with Gasteiger partial charge in [-0.1, -0.05) is 25.5 Å². The van der Waals surface area contributed by atoms with Crippen molar-refractivity contribution in [1.82, 2.24) is 15.3 Å². The van der Waals surface area contributed by atoms with Crippen LogP contribution in [-0.4, -0.2) is 32.9 Å². The van der Waals surface area contributed by atoms with Gasteiger partial charge in [0, 0.05) is 36.8 Å². The average molecular weight is 431 g/mol. The molecule has 2 heterocycles. The summed E-state index contributed by atoms with van der Waals surface area (Å²) >= 11 is 0. The molecular weight excluding hydrogens is 406 g/mol. The molecule has 1 aliphatic rings. The highest BCUT2D eigenvalue weighted by molar-refractivity contribution is 6.04. The first kappa shape index (κ1) is 21.5. The van der Waals surface area contributed by atoms with Gasteiger partial charge in [0.05, 0.1) is 10.8 Å². The first-order valence-electron chi connectivity index (χ1n) is 10.6. The molecule has 0 saturated carbocycles. The summed E-state index contributed by atoms with van der Waals surface area (Å²) in [6.07, 6.45) is 8.44. The SMILES string of the molecule is CCC[C@]1(C)C(=O)C=C1N[C@@H](Cc1ccc(Oc2nccc3ccncc23)cc1)C(=O)O. The molecule has 1 aromatic carbocycles. The third-order valence-electron chi connectivity index (χ3n) is 5.90. The molecule has 164 valence electrons. The number of aromatic nitrogens is 2. The van der Waals surface area contributed by atoms with Crippen LogP contribution in [0, 0.1) is 5.41 Å². The lowest BCUT2D eigenvalue weighted by Crippen LogP contribution is -2.49. The van der Waals surface area contributed by atoms with Crippen molar-refractivity contribution in [1.29, 1.82) is 0 Å². The number of ether oxygens (including phenoxy) is 1. The second kappa shape index (κ2) is 8.78. The van der Waals surface area contributed by atoms with Gasteiger partial charge in [-0.2, -0.15) is 0 Å². The van der Waals surface area contributed by atoms with E-state index in [0.717, 1.165) is 22.8 Å². The summed E-state index contributed by atoms with van der Waals surface area (Å²) in [5.74, 6) is 0.145. The Kier molecular flexibility index (Phi) is 5.90. The zero-order chi connectivity index (χ0) is 22.7. The molecule has 2 aromatic heterocycles. The van der Waals surface area contributed by atoms with Crippen LogP contribution in [0.25, 0.3) is 10.8 Å². The van der Waals surface area contributed by atoms with E-state index >= 15 is 0 Å². The van der Waals surface area contributed by atoms with Crippen LogP contribution in [0.3, 0.4) is 0 Å². The van der Waals surface area contributed by atoms with Crippen molar-refractivity contribution in [2.24, 2.45) is 5.41 Å². The molecule has 0 fully saturated rings. The molecule has 0 unspecified atom stereocenters. The molecule has 0 bridgehead atoms. The van der Waals surface area contributed by atoms with E-state index in [1.165, 1.54) is 6.08 Å². The lowest BCUT2D eigenvalue weighted by atomic mass is 9.69. The Morgan fingerprint density at radius 2 is 1.94 bits per heavy atom. The monoisotopic (exact) mass is 431 g/mol. The summed E-state index contributed by atoms with van der Waals surface area (Å²) in [6, 6.07) is 10.2. The normalized spacial score (nSPS) is 18.6. The van der Waals surface area contributed by atoms with Crippen LogP contribution in [0.1, 0.15) is 32.3 Å². The quantitative estimate of drug-likeness (QED) is 0.521. The van der Waals surface area contributed by atoms with Crippen molar-refractivity contribution < 1.29 is 19.4 Å². The molecule has 1 aliphatic carbocycles. The summed E-state index contributed by atoms with van der Waals surface area (Å²) in [7, 11) is 0. The maximum atomic E-state index is 12.0. The van der Waals surface area contributed by atoms with Crippen molar-refractivity contribution in [2.45, 2.75) is 39.2 Å². The van der Waals surface area contributed by atoms with Gasteiger partial charge in [-0.05, 0) is 48.6 Å². The third kappa shape index (κ3) is 4.19. The molecule has 3 aromatic rings. The van der Waals surface area contributed by atoms with Gasteiger partial charge in [0.1, 0.15) is 11.8 Å². The number of nitrogens with one attached hydrogen (secondary N) is 1. The largest absolute Gasteiger partial charge is 0.480 e. The van der Waals surface area contributed by atoms with Gasteiger partial charge in [0.15, 0.2) is 5.78 Å². The number of hydrogen-bond donors (Lipinski definition) is 2. The third-order valence-corrected chi connectivity index (χ3v) is 5.90. The summed E-state index contributed by atoms with van der Waals surface area (Å²) < 4.78 is 5.93. The molecule has 7 nitrogen and oxygen atoms in total. The highest BCUT2D eigenvalue weighted by Crippen LogP contribution is 2.40. The molecule has 0 radical (unpaired) electrons. The predicted molar refractivity (Wildman–Crippen MR) is 120 cm³/mol. The number of hydrogen-bond acceptors (Lipinski definition) is 6. The molecule has 0 saturated heterocycles. The number of carbonyl (C=O) groups is 2. The number of fused-ring (bicyclic) bond motifs is 1. The van der Waals surface area contributed by atoms with E-state index in [1.807, 2.05) is 38.1 Å². The average Bonchev–Trinajstić information content (AvgIpc) is 2.79. The van der Waals surface area contributed by atoms with E-state index < -0.39 is 17.4 Å². The second-order valence-corrected chi connectivity index (χ2v) is 8.20. The number of aliphatic carboxylic acids is 1. The van der Waals surface area contributed by atoms with Crippen LogP contribution in [-0.2, 0) is 16.0 Å². The minimum absolute atomic E-state index is 0.0461. The van der Waals surface area contributed by atoms with Crippen LogP contribution in [0.4, 0.5) is 0 Å². The van der Waals surface area contributed by atoms with Crippen LogP contribution in [0.15, 0.2) is 66.8 Å². The van der Waals surface area contributed by atoms with Crippen LogP contribution in [0.2, 0.25) is 0 Å². The Morgan fingerprint density at radius 1 is 1.19 bits per heavy atom. The van der Waals surface area contributed by atoms with E-state index in [0.29, 0.717) is 23.7 Å². The number of carboxylic acids is 1. The van der Waals surface area contributed by atoms with Gasteiger partial charge in [-0.25, -0.2) is 9.78 Å². The highest BCUT2D eigenvalue weighted by atomic mass is 16.5. The van der Waals surface area contributed by atoms with Gasteiger partial charge in [-0.3, -0.25) is 9.78 Å². The molecule has 32 heavy (non-hydrogen) atoms. The number of rotatable bonds is 9. The number of carboxylic acid groups (broad SMARTS) is 1. The Labute approximate surface area is 186 Å². The topological polar surface area (TPSA) is 101 Å². The van der Waals surface area contributed by atoms with E-state index in [1.54, 1.807) is 30.7 Å². The lowest BCUT2D eigenvalue weighted by Gasteiger charge is -2.38. The van der Waals surface area contributed by atoms with Crippen molar-refractivity contribution in [3.05, 3.63) is 72.3 Å². The van der Waals surface area contributed by atoms with Crippen molar-refractivity contribution in [2.75, 3.05) is 0 Å². The van der Waals surface area contributed by atoms with E-state index in [-0.39, 0.29) is 12.2 Å². The molecule has 0 amide bonds. The Morgan fingerprint density at radius 3 is 2.62 bits per heavy atom. The molecule has 2 N–H and O–H groups in total. The Balaban J connectivity index is 1.45. The summed E-state index contributed by atoms with van der Waals surface area (Å²) in [5.41, 5.74) is 0.932. The smallest absolute Gasteiger partial charge is 0.326 e. The Bertz CT molecular complexity index is 1180. The van der Waals surface area contributed by atoms with E-state index in [4.69, 9.17) is 4.74 Å². The number of nitrogens with zero attached hydrogens (tertiary/aromatic N) is 2. The zero-order valence-corrected chi connectivity index (χ0v) is 18.0. The number of ketones is 1. The number of pyridine rings is 2. The highest BCUT2D eigenvalue weighted by Gasteiger charge is 2.44. The predicted octanol–water partition coefficient (Wildman–Crippen LogP) is 4.28. The number of benzene rings is 1. The lowest BCUT2D eigenvalue weighted by molar-refractivity contribution is -0.139. The molecule has 0 aliphatic heterocycles. The first-order valence-corrected chi connectivity index (χ1v) is 10.6. The van der Waals surface area contributed by atoms with Gasteiger partial charge in [0.2, 0.25) is 5.88 Å². The fraction of sp³-hybridized carbons (Fsp3) is 0.280. The van der Waals surface area contributed by atoms with Crippen LogP contribution >= 0.6 is 0 Å². The number of allylic oxidation sites excluding steroid dienone is 2.